The number of benzene rings is 2. The molecule has 0 heterocycles. The molecule has 1 nitrogen and oxygen atoms in total. The van der Waals surface area contributed by atoms with E-state index in [1.165, 1.54) is 0 Å². The van der Waals surface area contributed by atoms with E-state index in [1.807, 2.05) is 24.3 Å². The van der Waals surface area contributed by atoms with E-state index < -0.39 is 8.07 Å². The van der Waals surface area contributed by atoms with Crippen molar-refractivity contribution in [2.75, 3.05) is 0 Å². The number of halogens is 1. The number of aromatic hydroxyl groups is 1. The predicted octanol–water partition coefficient (Wildman–Crippen LogP) is 3.74. The lowest BCUT2D eigenvalue weighted by Gasteiger charge is -2.19. The summed E-state index contributed by atoms with van der Waals surface area (Å²) in [6.07, 6.45) is 0. The van der Waals surface area contributed by atoms with Gasteiger partial charge in [-0.3, -0.25) is 0 Å². The largest absolute Gasteiger partial charge is 0.508 e. The maximum atomic E-state index is 10.0. The third-order valence-electron chi connectivity index (χ3n) is 2.72. The lowest BCUT2D eigenvalue weighted by Crippen LogP contribution is -2.37. The van der Waals surface area contributed by atoms with Gasteiger partial charge in [-0.1, -0.05) is 43.4 Å². The Balaban J connectivity index is 2.74. The first-order valence-corrected chi connectivity index (χ1v) is 9.18. The highest BCUT2D eigenvalue weighted by molar-refractivity contribution is 6.89. The van der Waals surface area contributed by atoms with Crippen LogP contribution >= 0.6 is 11.6 Å². The number of hydrogen-bond acceptors (Lipinski definition) is 1. The van der Waals surface area contributed by atoms with Crippen LogP contribution in [0.4, 0.5) is 0 Å². The van der Waals surface area contributed by atoms with Gasteiger partial charge in [0.05, 0.1) is 8.07 Å². The Morgan fingerprint density at radius 2 is 1.69 bits per heavy atom. The second-order valence-electron chi connectivity index (χ2n) is 5.11. The van der Waals surface area contributed by atoms with Crippen molar-refractivity contribution in [3.05, 3.63) is 35.4 Å². The van der Waals surface area contributed by atoms with E-state index in [-0.39, 0.29) is 0 Å². The van der Waals surface area contributed by atoms with E-state index in [9.17, 15) is 5.11 Å². The minimum Gasteiger partial charge on any atom is -0.508 e. The average Bonchev–Trinajstić information content (AvgIpc) is 2.16. The molecule has 0 bridgehead atoms. The Labute approximate surface area is 102 Å². The number of phenolic OH excluding ortho intramolecular Hbond substituents is 1. The van der Waals surface area contributed by atoms with Gasteiger partial charge in [-0.05, 0) is 34.2 Å². The quantitative estimate of drug-likeness (QED) is 0.765. The summed E-state index contributed by atoms with van der Waals surface area (Å²) in [4.78, 5) is 0. The molecule has 0 aromatic heterocycles. The highest BCUT2D eigenvalue weighted by Crippen LogP contribution is 2.24. The van der Waals surface area contributed by atoms with Gasteiger partial charge in [0.1, 0.15) is 5.75 Å². The van der Waals surface area contributed by atoms with Crippen LogP contribution in [0.3, 0.4) is 0 Å². The Hall–Kier alpha value is -0.993. The summed E-state index contributed by atoms with van der Waals surface area (Å²) < 4.78 is 0. The van der Waals surface area contributed by atoms with Crippen molar-refractivity contribution >= 4 is 35.6 Å². The zero-order chi connectivity index (χ0) is 11.9. The normalized spacial score (nSPS) is 12.0. The Morgan fingerprint density at radius 1 is 1.00 bits per heavy atom. The van der Waals surface area contributed by atoms with E-state index in [4.69, 9.17) is 11.6 Å². The molecule has 2 aromatic carbocycles. The van der Waals surface area contributed by atoms with Crippen molar-refractivity contribution in [3.8, 4) is 5.75 Å². The van der Waals surface area contributed by atoms with Crippen molar-refractivity contribution in [1.82, 2.24) is 0 Å². The summed E-state index contributed by atoms with van der Waals surface area (Å²) in [7, 11) is -1.51. The molecule has 0 spiro atoms. The fraction of sp³-hybridized carbons (Fsp3) is 0.231. The van der Waals surface area contributed by atoms with Crippen molar-refractivity contribution in [3.63, 3.8) is 0 Å². The summed E-state index contributed by atoms with van der Waals surface area (Å²) in [6.45, 7) is 6.66. The van der Waals surface area contributed by atoms with Gasteiger partial charge in [0, 0.05) is 5.02 Å². The van der Waals surface area contributed by atoms with Crippen LogP contribution in [0.5, 0.6) is 5.75 Å². The van der Waals surface area contributed by atoms with Crippen molar-refractivity contribution in [2.24, 2.45) is 0 Å². The Bertz CT molecular complexity index is 543. The molecule has 0 aliphatic rings. The molecule has 2 rings (SSSR count). The molecule has 0 aliphatic carbocycles. The fourth-order valence-corrected chi connectivity index (χ4v) is 3.47. The molecule has 0 saturated heterocycles. The van der Waals surface area contributed by atoms with E-state index in [0.29, 0.717) is 5.75 Å². The third kappa shape index (κ3) is 2.08. The standard InChI is InChI=1S/C13H15ClOSi/c1-16(2,3)13-8-10-6-11(14)5-4-9(10)7-12(13)15/h4-8,15H,1-3H3. The highest BCUT2D eigenvalue weighted by Gasteiger charge is 2.20. The van der Waals surface area contributed by atoms with Crippen LogP contribution in [-0.4, -0.2) is 13.2 Å². The van der Waals surface area contributed by atoms with Crippen molar-refractivity contribution in [2.45, 2.75) is 19.6 Å². The zero-order valence-electron chi connectivity index (χ0n) is 9.71. The monoisotopic (exact) mass is 250 g/mol. The van der Waals surface area contributed by atoms with E-state index in [1.54, 1.807) is 0 Å². The summed E-state index contributed by atoms with van der Waals surface area (Å²) in [5.41, 5.74) is 0. The van der Waals surface area contributed by atoms with Gasteiger partial charge in [0.25, 0.3) is 0 Å². The van der Waals surface area contributed by atoms with E-state index >= 15 is 0 Å². The van der Waals surface area contributed by atoms with Crippen molar-refractivity contribution < 1.29 is 5.11 Å². The first kappa shape index (κ1) is 11.5. The predicted molar refractivity (Wildman–Crippen MR) is 73.6 cm³/mol. The summed E-state index contributed by atoms with van der Waals surface area (Å²) >= 11 is 5.97. The lowest BCUT2D eigenvalue weighted by molar-refractivity contribution is 0.480. The number of fused-ring (bicyclic) bond motifs is 1. The summed E-state index contributed by atoms with van der Waals surface area (Å²) in [5, 5.41) is 14.0. The molecule has 0 atom stereocenters. The maximum Gasteiger partial charge on any atom is 0.115 e. The topological polar surface area (TPSA) is 20.2 Å². The van der Waals surface area contributed by atoms with Crippen molar-refractivity contribution in [1.29, 1.82) is 0 Å². The van der Waals surface area contributed by atoms with Crippen LogP contribution in [0.1, 0.15) is 0 Å². The smallest absolute Gasteiger partial charge is 0.115 e. The molecule has 2 aromatic rings. The lowest BCUT2D eigenvalue weighted by atomic mass is 10.1. The third-order valence-corrected chi connectivity index (χ3v) is 4.98. The molecule has 84 valence electrons. The molecule has 0 radical (unpaired) electrons. The SMILES string of the molecule is C[Si](C)(C)c1cc2cc(Cl)ccc2cc1O. The minimum atomic E-state index is -1.51. The van der Waals surface area contributed by atoms with Crippen LogP contribution in [0.25, 0.3) is 10.8 Å². The minimum absolute atomic E-state index is 0.411. The number of rotatable bonds is 1. The molecular weight excluding hydrogens is 236 g/mol. The van der Waals surface area contributed by atoms with Gasteiger partial charge in [0.2, 0.25) is 0 Å². The maximum absolute atomic E-state index is 10.0. The first-order valence-electron chi connectivity index (χ1n) is 5.31. The van der Waals surface area contributed by atoms with Crippen LogP contribution in [0.15, 0.2) is 30.3 Å². The van der Waals surface area contributed by atoms with Gasteiger partial charge >= 0.3 is 0 Å². The fourth-order valence-electron chi connectivity index (χ4n) is 1.86. The molecule has 16 heavy (non-hydrogen) atoms. The van der Waals surface area contributed by atoms with E-state index in [2.05, 4.69) is 25.7 Å². The molecule has 0 unspecified atom stereocenters. The van der Waals surface area contributed by atoms with Gasteiger partial charge < -0.3 is 5.11 Å². The second kappa shape index (κ2) is 3.79. The second-order valence-corrected chi connectivity index (χ2v) is 10.6. The molecule has 0 amide bonds. The van der Waals surface area contributed by atoms with Crippen LogP contribution in [0.2, 0.25) is 24.7 Å². The molecule has 0 saturated carbocycles. The zero-order valence-corrected chi connectivity index (χ0v) is 11.5. The molecule has 3 heteroatoms. The first-order chi connectivity index (χ1) is 7.38. The molecular formula is C13H15ClOSi. The molecule has 0 aliphatic heterocycles. The van der Waals surface area contributed by atoms with Gasteiger partial charge in [-0.2, -0.15) is 0 Å². The van der Waals surface area contributed by atoms with Crippen LogP contribution in [0, 0.1) is 0 Å². The Morgan fingerprint density at radius 3 is 2.31 bits per heavy atom. The van der Waals surface area contributed by atoms with Crippen LogP contribution in [-0.2, 0) is 0 Å². The van der Waals surface area contributed by atoms with Gasteiger partial charge in [0.15, 0.2) is 0 Å². The highest BCUT2D eigenvalue weighted by atomic mass is 35.5. The van der Waals surface area contributed by atoms with Crippen LogP contribution < -0.4 is 5.19 Å². The van der Waals surface area contributed by atoms with Gasteiger partial charge in [-0.25, -0.2) is 0 Å². The average molecular weight is 251 g/mol. The number of hydrogen-bond donors (Lipinski definition) is 1. The Kier molecular flexibility index (Phi) is 2.72. The summed E-state index contributed by atoms with van der Waals surface area (Å²) in [5.74, 6) is 0.411. The van der Waals surface area contributed by atoms with E-state index in [0.717, 1.165) is 21.0 Å². The molecule has 1 N–H and O–H groups in total. The van der Waals surface area contributed by atoms with Gasteiger partial charge in [-0.15, -0.1) is 0 Å². The molecule has 0 fully saturated rings. The summed E-state index contributed by atoms with van der Waals surface area (Å²) in [6, 6.07) is 9.63. The number of phenols is 1.